The van der Waals surface area contributed by atoms with Crippen LogP contribution in [0.25, 0.3) is 10.9 Å². The van der Waals surface area contributed by atoms with Crippen molar-refractivity contribution in [1.82, 2.24) is 15.2 Å². The van der Waals surface area contributed by atoms with E-state index in [0.29, 0.717) is 35.8 Å². The van der Waals surface area contributed by atoms with Crippen molar-refractivity contribution in [2.24, 2.45) is 0 Å². The number of nitriles is 1. The summed E-state index contributed by atoms with van der Waals surface area (Å²) in [7, 11) is 1.65. The first kappa shape index (κ1) is 24.2. The van der Waals surface area contributed by atoms with Gasteiger partial charge in [0.1, 0.15) is 11.8 Å². The minimum Gasteiger partial charge on any atom is -0.497 e. The zero-order valence-corrected chi connectivity index (χ0v) is 20.7. The third kappa shape index (κ3) is 4.77. The van der Waals surface area contributed by atoms with Gasteiger partial charge in [0.05, 0.1) is 23.1 Å². The summed E-state index contributed by atoms with van der Waals surface area (Å²) in [6, 6.07) is 15.1. The van der Waals surface area contributed by atoms with Crippen molar-refractivity contribution in [3.8, 4) is 11.8 Å². The van der Waals surface area contributed by atoms with Gasteiger partial charge in [-0.2, -0.15) is 5.26 Å². The molecular formula is C28H31N5O3. The first-order valence-electron chi connectivity index (χ1n) is 12.6. The smallest absolute Gasteiger partial charge is 0.272 e. The van der Waals surface area contributed by atoms with Crippen molar-refractivity contribution in [2.75, 3.05) is 13.7 Å². The minimum absolute atomic E-state index is 0.183. The van der Waals surface area contributed by atoms with Crippen LogP contribution in [0.3, 0.4) is 0 Å². The van der Waals surface area contributed by atoms with Crippen LogP contribution in [0.1, 0.15) is 47.9 Å². The fraction of sp³-hybridized carbons (Fsp3) is 0.429. The van der Waals surface area contributed by atoms with E-state index in [1.165, 1.54) is 12.8 Å². The van der Waals surface area contributed by atoms with E-state index in [1.807, 2.05) is 30.3 Å². The molecule has 8 heteroatoms. The highest BCUT2D eigenvalue weighted by molar-refractivity contribution is 5.85. The van der Waals surface area contributed by atoms with E-state index in [2.05, 4.69) is 21.3 Å². The molecule has 2 aliphatic rings. The second-order valence-electron chi connectivity index (χ2n) is 9.95. The Bertz CT molecular complexity index is 1320. The molecule has 1 N–H and O–H groups in total. The molecule has 2 fully saturated rings. The molecule has 0 aliphatic carbocycles. The second kappa shape index (κ2) is 10.2. The molecule has 0 amide bonds. The average molecular weight is 486 g/mol. The number of nitrogens with zero attached hydrogens (tertiary/aromatic N) is 4. The number of aromatic nitrogens is 1. The summed E-state index contributed by atoms with van der Waals surface area (Å²) in [5, 5.41) is 25.6. The Morgan fingerprint density at radius 3 is 2.69 bits per heavy atom. The summed E-state index contributed by atoms with van der Waals surface area (Å²) < 4.78 is 5.42. The molecule has 3 aromatic rings. The monoisotopic (exact) mass is 485 g/mol. The van der Waals surface area contributed by atoms with Crippen LogP contribution in [-0.4, -0.2) is 46.6 Å². The second-order valence-corrected chi connectivity index (χ2v) is 9.95. The average Bonchev–Trinajstić information content (AvgIpc) is 3.12. The molecule has 2 bridgehead atoms. The highest BCUT2D eigenvalue weighted by Gasteiger charge is 2.40. The van der Waals surface area contributed by atoms with E-state index in [-0.39, 0.29) is 10.6 Å². The van der Waals surface area contributed by atoms with Gasteiger partial charge in [0.15, 0.2) is 0 Å². The number of methoxy groups -OCH3 is 1. The van der Waals surface area contributed by atoms with Gasteiger partial charge in [-0.3, -0.25) is 20.0 Å². The molecule has 2 saturated heterocycles. The number of nitrogens with one attached hydrogen (secondary N) is 1. The van der Waals surface area contributed by atoms with E-state index in [9.17, 15) is 15.4 Å². The molecule has 0 spiro atoms. The zero-order valence-electron chi connectivity index (χ0n) is 20.7. The molecule has 3 heterocycles. The van der Waals surface area contributed by atoms with E-state index >= 15 is 0 Å². The van der Waals surface area contributed by atoms with Crippen LogP contribution in [0, 0.1) is 28.4 Å². The number of ether oxygens (including phenoxy) is 1. The van der Waals surface area contributed by atoms with Gasteiger partial charge in [-0.05, 0) is 68.4 Å². The van der Waals surface area contributed by atoms with Crippen LogP contribution in [0.5, 0.6) is 5.75 Å². The number of piperidine rings is 1. The topological polar surface area (TPSA) is 104 Å². The maximum atomic E-state index is 11.3. The number of benzene rings is 2. The van der Waals surface area contributed by atoms with Crippen molar-refractivity contribution < 1.29 is 9.66 Å². The molecule has 36 heavy (non-hydrogen) atoms. The number of pyridine rings is 1. The first-order valence-corrected chi connectivity index (χ1v) is 12.6. The quantitative estimate of drug-likeness (QED) is 0.365. The molecule has 0 radical (unpaired) electrons. The lowest BCUT2D eigenvalue weighted by molar-refractivity contribution is -0.385. The Labute approximate surface area is 211 Å². The van der Waals surface area contributed by atoms with Crippen molar-refractivity contribution in [3.05, 3.63) is 75.0 Å². The first-order chi connectivity index (χ1) is 17.5. The Hall–Kier alpha value is -3.54. The fourth-order valence-corrected chi connectivity index (χ4v) is 5.99. The maximum absolute atomic E-state index is 11.3. The van der Waals surface area contributed by atoms with Gasteiger partial charge < -0.3 is 10.1 Å². The highest BCUT2D eigenvalue weighted by Crippen LogP contribution is 2.36. The van der Waals surface area contributed by atoms with Crippen LogP contribution >= 0.6 is 0 Å². The number of aryl methyl sites for hydroxylation is 1. The van der Waals surface area contributed by atoms with Gasteiger partial charge in [0.2, 0.25) is 0 Å². The molecule has 1 aromatic heterocycles. The predicted molar refractivity (Wildman–Crippen MR) is 138 cm³/mol. The standard InChI is InChI=1S/C28H31N5O3/c1-18-3-4-19(11-28(18)33(34)35)16-30-21-12-22-5-6-23(13-21)32(22)10-9-25-20(15-29)17-31-27-8-7-24(36-2)14-26(25)27/h3-4,7-8,11,14,17,21-23,30H,5-6,9-10,12-13,16H2,1-2H3/t22-,23-/m0/s1. The van der Waals surface area contributed by atoms with E-state index in [0.717, 1.165) is 53.6 Å². The van der Waals surface area contributed by atoms with Gasteiger partial charge in [-0.25, -0.2) is 0 Å². The summed E-state index contributed by atoms with van der Waals surface area (Å²) in [6.07, 6.45) is 7.00. The summed E-state index contributed by atoms with van der Waals surface area (Å²) in [6.45, 7) is 3.33. The third-order valence-electron chi connectivity index (χ3n) is 7.88. The SMILES string of the molecule is COc1ccc2ncc(C#N)c(CCN3[C@H]4CC[C@H]3CC(NCc3ccc(C)c([N+](=O)[O-])c3)C4)c2c1. The van der Waals surface area contributed by atoms with E-state index in [4.69, 9.17) is 4.74 Å². The van der Waals surface area contributed by atoms with Crippen molar-refractivity contribution >= 4 is 16.6 Å². The number of nitro groups is 1. The number of fused-ring (bicyclic) bond motifs is 3. The molecule has 2 aromatic carbocycles. The molecular weight excluding hydrogens is 454 g/mol. The van der Waals surface area contributed by atoms with Crippen molar-refractivity contribution in [2.45, 2.75) is 63.7 Å². The van der Waals surface area contributed by atoms with E-state index in [1.54, 1.807) is 26.3 Å². The largest absolute Gasteiger partial charge is 0.497 e. The van der Waals surface area contributed by atoms with Crippen LogP contribution in [-0.2, 0) is 13.0 Å². The van der Waals surface area contributed by atoms with Crippen LogP contribution < -0.4 is 10.1 Å². The van der Waals surface area contributed by atoms with Gasteiger partial charge >= 0.3 is 0 Å². The summed E-state index contributed by atoms with van der Waals surface area (Å²) in [4.78, 5) is 18.1. The molecule has 8 nitrogen and oxygen atoms in total. The van der Waals surface area contributed by atoms with Crippen molar-refractivity contribution in [1.29, 1.82) is 5.26 Å². The third-order valence-corrected chi connectivity index (χ3v) is 7.88. The maximum Gasteiger partial charge on any atom is 0.272 e. The summed E-state index contributed by atoms with van der Waals surface area (Å²) >= 11 is 0. The lowest BCUT2D eigenvalue weighted by Gasteiger charge is -2.39. The number of nitro benzene ring substituents is 1. The van der Waals surface area contributed by atoms with Crippen LogP contribution in [0.4, 0.5) is 5.69 Å². The molecule has 186 valence electrons. The van der Waals surface area contributed by atoms with Gasteiger partial charge in [-0.1, -0.05) is 12.1 Å². The predicted octanol–water partition coefficient (Wildman–Crippen LogP) is 4.66. The Balaban J connectivity index is 1.24. The normalized spacial score (nSPS) is 21.4. The number of hydrogen-bond acceptors (Lipinski definition) is 7. The molecule has 2 atom stereocenters. The Kier molecular flexibility index (Phi) is 6.86. The van der Waals surface area contributed by atoms with Crippen LogP contribution in [0.2, 0.25) is 0 Å². The van der Waals surface area contributed by atoms with Gasteiger partial charge in [-0.15, -0.1) is 0 Å². The van der Waals surface area contributed by atoms with Crippen LogP contribution in [0.15, 0.2) is 42.6 Å². The number of rotatable bonds is 8. The molecule has 2 aliphatic heterocycles. The highest BCUT2D eigenvalue weighted by atomic mass is 16.6. The molecule has 0 unspecified atom stereocenters. The lowest BCUT2D eigenvalue weighted by atomic mass is 9.95. The number of hydrogen-bond donors (Lipinski definition) is 1. The summed E-state index contributed by atoms with van der Waals surface area (Å²) in [5.74, 6) is 0.770. The summed E-state index contributed by atoms with van der Waals surface area (Å²) in [5.41, 5.74) is 4.38. The Morgan fingerprint density at radius 1 is 1.22 bits per heavy atom. The van der Waals surface area contributed by atoms with Gasteiger partial charge in [0, 0.05) is 54.4 Å². The van der Waals surface area contributed by atoms with Crippen molar-refractivity contribution in [3.63, 3.8) is 0 Å². The zero-order chi connectivity index (χ0) is 25.2. The fourth-order valence-electron chi connectivity index (χ4n) is 5.99. The Morgan fingerprint density at radius 2 is 2.00 bits per heavy atom. The van der Waals surface area contributed by atoms with Gasteiger partial charge in [0.25, 0.3) is 5.69 Å². The minimum atomic E-state index is -0.308. The molecule has 5 rings (SSSR count). The van der Waals surface area contributed by atoms with E-state index < -0.39 is 0 Å². The lowest BCUT2D eigenvalue weighted by Crippen LogP contribution is -2.49. The molecule has 0 saturated carbocycles.